The number of hydrogen-bond donors (Lipinski definition) is 1. The molecule has 0 saturated heterocycles. The van der Waals surface area contributed by atoms with Crippen LogP contribution in [0.4, 0.5) is 4.39 Å². The first kappa shape index (κ1) is 12.3. The van der Waals surface area contributed by atoms with Gasteiger partial charge in [-0.3, -0.25) is 4.68 Å². The molecule has 17 heavy (non-hydrogen) atoms. The minimum absolute atomic E-state index is 0.128. The molecule has 0 bridgehead atoms. The second-order valence-corrected chi connectivity index (χ2v) is 5.02. The summed E-state index contributed by atoms with van der Waals surface area (Å²) >= 11 is 1.19. The van der Waals surface area contributed by atoms with Crippen LogP contribution in [0.3, 0.4) is 0 Å². The maximum absolute atomic E-state index is 12.8. The molecule has 0 spiro atoms. The highest BCUT2D eigenvalue weighted by Gasteiger charge is 2.04. The molecule has 2 heterocycles. The molecule has 0 saturated carbocycles. The van der Waals surface area contributed by atoms with Crippen LogP contribution >= 0.6 is 11.3 Å². The molecule has 0 atom stereocenters. The monoisotopic (exact) mass is 253 g/mol. The third-order valence-corrected chi connectivity index (χ3v) is 3.49. The molecule has 0 amide bonds. The Balaban J connectivity index is 1.87. The van der Waals surface area contributed by atoms with E-state index in [4.69, 9.17) is 0 Å². The number of thiophene rings is 1. The fourth-order valence-electron chi connectivity index (χ4n) is 1.66. The van der Waals surface area contributed by atoms with E-state index >= 15 is 0 Å². The van der Waals surface area contributed by atoms with Crippen molar-refractivity contribution in [3.63, 3.8) is 0 Å². The van der Waals surface area contributed by atoms with E-state index in [1.165, 1.54) is 23.0 Å². The van der Waals surface area contributed by atoms with Crippen LogP contribution in [-0.2, 0) is 19.6 Å². The summed E-state index contributed by atoms with van der Waals surface area (Å²) < 4.78 is 14.7. The first-order valence-corrected chi connectivity index (χ1v) is 6.48. The summed E-state index contributed by atoms with van der Waals surface area (Å²) in [6.07, 6.45) is 2.05. The fourth-order valence-corrected chi connectivity index (χ4v) is 2.36. The lowest BCUT2D eigenvalue weighted by molar-refractivity contribution is 0.652. The Kier molecular flexibility index (Phi) is 3.91. The first-order valence-electron chi connectivity index (χ1n) is 5.67. The SMILES string of the molecule is CCn1cc(CNCc2ccc(F)s2)c(C)n1. The highest BCUT2D eigenvalue weighted by molar-refractivity contribution is 7.10. The Morgan fingerprint density at radius 1 is 1.41 bits per heavy atom. The first-order chi connectivity index (χ1) is 8.19. The fraction of sp³-hybridized carbons (Fsp3) is 0.417. The molecule has 0 fully saturated rings. The summed E-state index contributed by atoms with van der Waals surface area (Å²) in [6, 6.07) is 3.32. The van der Waals surface area contributed by atoms with Gasteiger partial charge in [0.2, 0.25) is 0 Å². The van der Waals surface area contributed by atoms with Gasteiger partial charge in [0.05, 0.1) is 5.69 Å². The summed E-state index contributed by atoms with van der Waals surface area (Å²) in [5, 5.41) is 7.55. The Morgan fingerprint density at radius 2 is 2.24 bits per heavy atom. The van der Waals surface area contributed by atoms with Gasteiger partial charge in [-0.2, -0.15) is 9.49 Å². The highest BCUT2D eigenvalue weighted by atomic mass is 32.1. The summed E-state index contributed by atoms with van der Waals surface area (Å²) in [7, 11) is 0. The number of nitrogens with one attached hydrogen (secondary N) is 1. The van der Waals surface area contributed by atoms with Crippen molar-refractivity contribution in [2.24, 2.45) is 0 Å². The molecule has 0 aliphatic heterocycles. The number of hydrogen-bond acceptors (Lipinski definition) is 3. The maximum Gasteiger partial charge on any atom is 0.176 e. The number of nitrogens with zero attached hydrogens (tertiary/aromatic N) is 2. The van der Waals surface area contributed by atoms with Gasteiger partial charge in [-0.15, -0.1) is 11.3 Å². The third-order valence-electron chi connectivity index (χ3n) is 2.62. The predicted molar refractivity (Wildman–Crippen MR) is 67.5 cm³/mol. The van der Waals surface area contributed by atoms with Crippen LogP contribution in [0, 0.1) is 12.1 Å². The number of halogens is 1. The van der Waals surface area contributed by atoms with Gasteiger partial charge in [0.25, 0.3) is 0 Å². The number of aromatic nitrogens is 2. The second kappa shape index (κ2) is 5.42. The Hall–Kier alpha value is -1.20. The Labute approximate surface area is 104 Å². The van der Waals surface area contributed by atoms with Crippen LogP contribution in [0.5, 0.6) is 0 Å². The Bertz CT molecular complexity index is 490. The molecule has 0 aliphatic carbocycles. The van der Waals surface area contributed by atoms with Crippen LogP contribution in [0.2, 0.25) is 0 Å². The van der Waals surface area contributed by atoms with Crippen LogP contribution in [0.1, 0.15) is 23.1 Å². The van der Waals surface area contributed by atoms with E-state index in [0.29, 0.717) is 6.54 Å². The molecule has 2 aromatic rings. The van der Waals surface area contributed by atoms with Crippen molar-refractivity contribution in [2.75, 3.05) is 0 Å². The summed E-state index contributed by atoms with van der Waals surface area (Å²) in [4.78, 5) is 1.02. The molecule has 0 aromatic carbocycles. The maximum atomic E-state index is 12.8. The molecule has 2 rings (SSSR count). The van der Waals surface area contributed by atoms with Crippen molar-refractivity contribution in [2.45, 2.75) is 33.5 Å². The topological polar surface area (TPSA) is 29.9 Å². The molecule has 5 heteroatoms. The summed E-state index contributed by atoms with van der Waals surface area (Å²) in [6.45, 7) is 6.43. The molecular formula is C12H16FN3S. The minimum Gasteiger partial charge on any atom is -0.308 e. The van der Waals surface area contributed by atoms with Crippen LogP contribution < -0.4 is 5.32 Å². The lowest BCUT2D eigenvalue weighted by atomic mass is 10.2. The largest absolute Gasteiger partial charge is 0.308 e. The van der Waals surface area contributed by atoms with Gasteiger partial charge in [-0.1, -0.05) is 0 Å². The van der Waals surface area contributed by atoms with Gasteiger partial charge in [0, 0.05) is 36.3 Å². The zero-order valence-electron chi connectivity index (χ0n) is 10.0. The second-order valence-electron chi connectivity index (χ2n) is 3.90. The van der Waals surface area contributed by atoms with Crippen molar-refractivity contribution in [1.29, 1.82) is 0 Å². The zero-order valence-corrected chi connectivity index (χ0v) is 10.9. The van der Waals surface area contributed by atoms with E-state index in [1.54, 1.807) is 0 Å². The number of rotatable bonds is 5. The van der Waals surface area contributed by atoms with Crippen LogP contribution in [0.25, 0.3) is 0 Å². The van der Waals surface area contributed by atoms with E-state index in [-0.39, 0.29) is 5.13 Å². The average Bonchev–Trinajstić information content (AvgIpc) is 2.86. The van der Waals surface area contributed by atoms with Crippen molar-refractivity contribution in [1.82, 2.24) is 15.1 Å². The van der Waals surface area contributed by atoms with Crippen molar-refractivity contribution < 1.29 is 4.39 Å². The van der Waals surface area contributed by atoms with E-state index in [9.17, 15) is 4.39 Å². The normalized spacial score (nSPS) is 11.0. The van der Waals surface area contributed by atoms with Crippen molar-refractivity contribution >= 4 is 11.3 Å². The Morgan fingerprint density at radius 3 is 2.82 bits per heavy atom. The highest BCUT2D eigenvalue weighted by Crippen LogP contribution is 2.14. The summed E-state index contributed by atoms with van der Waals surface area (Å²) in [5.41, 5.74) is 2.25. The third kappa shape index (κ3) is 3.14. The average molecular weight is 253 g/mol. The standard InChI is InChI=1S/C12H16FN3S/c1-3-16-8-10(9(2)15-16)6-14-7-11-4-5-12(13)17-11/h4-5,8,14H,3,6-7H2,1-2H3. The quantitative estimate of drug-likeness (QED) is 0.888. The number of aryl methyl sites for hydroxylation is 2. The summed E-state index contributed by atoms with van der Waals surface area (Å²) in [5.74, 6) is 0. The van der Waals surface area contributed by atoms with Gasteiger partial charge >= 0.3 is 0 Å². The molecule has 92 valence electrons. The van der Waals surface area contributed by atoms with Crippen LogP contribution in [-0.4, -0.2) is 9.78 Å². The van der Waals surface area contributed by atoms with Gasteiger partial charge in [0.1, 0.15) is 0 Å². The molecule has 1 N–H and O–H groups in total. The van der Waals surface area contributed by atoms with E-state index in [1.807, 2.05) is 17.7 Å². The van der Waals surface area contributed by atoms with Gasteiger partial charge in [-0.25, -0.2) is 0 Å². The van der Waals surface area contributed by atoms with Crippen molar-refractivity contribution in [3.8, 4) is 0 Å². The molecule has 0 aliphatic rings. The molecule has 0 unspecified atom stereocenters. The van der Waals surface area contributed by atoms with E-state index in [0.717, 1.165) is 23.7 Å². The lowest BCUT2D eigenvalue weighted by Gasteiger charge is -2.01. The predicted octanol–water partition coefficient (Wildman–Crippen LogP) is 2.70. The molecular weight excluding hydrogens is 237 g/mol. The van der Waals surface area contributed by atoms with E-state index in [2.05, 4.69) is 23.5 Å². The van der Waals surface area contributed by atoms with E-state index < -0.39 is 0 Å². The van der Waals surface area contributed by atoms with Crippen molar-refractivity contribution in [3.05, 3.63) is 39.6 Å². The molecule has 2 aromatic heterocycles. The minimum atomic E-state index is -0.128. The lowest BCUT2D eigenvalue weighted by Crippen LogP contribution is -2.11. The zero-order chi connectivity index (χ0) is 12.3. The van der Waals surface area contributed by atoms with Gasteiger partial charge < -0.3 is 5.32 Å². The van der Waals surface area contributed by atoms with Gasteiger partial charge in [-0.05, 0) is 26.0 Å². The smallest absolute Gasteiger partial charge is 0.176 e. The van der Waals surface area contributed by atoms with Crippen LogP contribution in [0.15, 0.2) is 18.3 Å². The molecule has 3 nitrogen and oxygen atoms in total. The molecule has 0 radical (unpaired) electrons. The van der Waals surface area contributed by atoms with Gasteiger partial charge in [0.15, 0.2) is 5.13 Å².